The third kappa shape index (κ3) is 3.04. The molecule has 0 aromatic heterocycles. The number of nitrogen functional groups attached to an aromatic ring is 1. The highest BCUT2D eigenvalue weighted by Crippen LogP contribution is 2.32. The van der Waals surface area contributed by atoms with E-state index in [2.05, 4.69) is 0 Å². The molecule has 3 N–H and O–H groups in total. The maximum atomic E-state index is 11.7. The number of carbonyl (C=O) groups is 1. The molecule has 1 heterocycles. The minimum atomic E-state index is -0.914. The smallest absolute Gasteiger partial charge is 0.251 e. The molecule has 0 saturated carbocycles. The lowest BCUT2D eigenvalue weighted by Gasteiger charge is -2.33. The Morgan fingerprint density at radius 3 is 2.65 bits per heavy atom. The predicted molar refractivity (Wildman–Crippen MR) is 77.6 cm³/mol. The molecule has 0 spiro atoms. The fourth-order valence-corrected chi connectivity index (χ4v) is 2.68. The number of rotatable bonds is 3. The minimum Gasteiger partial charge on any atom is -0.495 e. The van der Waals surface area contributed by atoms with Gasteiger partial charge in [0.25, 0.3) is 5.91 Å². The molecule has 1 aliphatic rings. The van der Waals surface area contributed by atoms with Gasteiger partial charge in [0.05, 0.1) is 12.8 Å². The van der Waals surface area contributed by atoms with E-state index in [1.165, 1.54) is 12.5 Å². The van der Waals surface area contributed by atoms with Crippen LogP contribution in [0.25, 0.3) is 0 Å². The highest BCUT2D eigenvalue weighted by molar-refractivity contribution is 5.80. The molecular weight excluding hydrogens is 256 g/mol. The Hall–Kier alpha value is -1.75. The Kier molecular flexibility index (Phi) is 4.49. The Labute approximate surface area is 119 Å². The lowest BCUT2D eigenvalue weighted by atomic mass is 9.89. The summed E-state index contributed by atoms with van der Waals surface area (Å²) >= 11 is 0. The highest BCUT2D eigenvalue weighted by atomic mass is 16.5. The summed E-state index contributed by atoms with van der Waals surface area (Å²) in [4.78, 5) is 13.5. The standard InChI is InChI=1S/C15H22N2O3/c1-10(18)15(19)17-7-5-11(6-8-17)12-3-4-13(16)14(9-12)20-2/h3-4,9-11,18H,5-8,16H2,1-2H3/t10-/m0/s1. The summed E-state index contributed by atoms with van der Waals surface area (Å²) in [5.41, 5.74) is 7.65. The summed E-state index contributed by atoms with van der Waals surface area (Å²) in [6.07, 6.45) is 0.875. The minimum absolute atomic E-state index is 0.182. The fraction of sp³-hybridized carbons (Fsp3) is 0.533. The van der Waals surface area contributed by atoms with Crippen LogP contribution in [-0.4, -0.2) is 42.2 Å². The first-order valence-electron chi connectivity index (χ1n) is 6.93. The molecule has 0 unspecified atom stereocenters. The zero-order chi connectivity index (χ0) is 14.7. The third-order valence-corrected chi connectivity index (χ3v) is 3.89. The van der Waals surface area contributed by atoms with Crippen LogP contribution in [0.1, 0.15) is 31.2 Å². The molecule has 5 heteroatoms. The van der Waals surface area contributed by atoms with Crippen LogP contribution in [-0.2, 0) is 4.79 Å². The number of likely N-dealkylation sites (tertiary alicyclic amines) is 1. The van der Waals surface area contributed by atoms with E-state index >= 15 is 0 Å². The quantitative estimate of drug-likeness (QED) is 0.819. The number of carbonyl (C=O) groups excluding carboxylic acids is 1. The summed E-state index contributed by atoms with van der Waals surface area (Å²) < 4.78 is 5.24. The third-order valence-electron chi connectivity index (χ3n) is 3.89. The molecule has 110 valence electrons. The van der Waals surface area contributed by atoms with Crippen molar-refractivity contribution in [3.8, 4) is 5.75 Å². The number of amides is 1. The second-order valence-corrected chi connectivity index (χ2v) is 5.28. The van der Waals surface area contributed by atoms with Crippen molar-refractivity contribution >= 4 is 11.6 Å². The average Bonchev–Trinajstić information content (AvgIpc) is 2.47. The van der Waals surface area contributed by atoms with E-state index in [1.54, 1.807) is 12.0 Å². The normalized spacial score (nSPS) is 17.9. The van der Waals surface area contributed by atoms with Crippen LogP contribution in [0.4, 0.5) is 5.69 Å². The predicted octanol–water partition coefficient (Wildman–Crippen LogP) is 1.36. The second-order valence-electron chi connectivity index (χ2n) is 5.28. The van der Waals surface area contributed by atoms with Gasteiger partial charge < -0.3 is 20.5 Å². The summed E-state index contributed by atoms with van der Waals surface area (Å²) in [6, 6.07) is 5.86. The van der Waals surface area contributed by atoms with Gasteiger partial charge in [-0.3, -0.25) is 4.79 Å². The Morgan fingerprint density at radius 1 is 1.45 bits per heavy atom. The monoisotopic (exact) mass is 278 g/mol. The largest absolute Gasteiger partial charge is 0.495 e. The number of aliphatic hydroxyl groups excluding tert-OH is 1. The first-order valence-corrected chi connectivity index (χ1v) is 6.93. The van der Waals surface area contributed by atoms with Gasteiger partial charge in [-0.25, -0.2) is 0 Å². The molecule has 1 saturated heterocycles. The topological polar surface area (TPSA) is 75.8 Å². The summed E-state index contributed by atoms with van der Waals surface area (Å²) in [5.74, 6) is 0.922. The Bertz CT molecular complexity index is 480. The van der Waals surface area contributed by atoms with Gasteiger partial charge in [0.1, 0.15) is 11.9 Å². The number of anilines is 1. The number of hydrogen-bond acceptors (Lipinski definition) is 4. The van der Waals surface area contributed by atoms with Gasteiger partial charge >= 0.3 is 0 Å². The Morgan fingerprint density at radius 2 is 2.10 bits per heavy atom. The van der Waals surface area contributed by atoms with E-state index < -0.39 is 6.10 Å². The van der Waals surface area contributed by atoms with Crippen LogP contribution in [0.2, 0.25) is 0 Å². The maximum Gasteiger partial charge on any atom is 0.251 e. The molecule has 2 rings (SSSR count). The molecule has 1 aromatic rings. The number of piperidine rings is 1. The number of ether oxygens (including phenoxy) is 1. The van der Waals surface area contributed by atoms with Crippen molar-refractivity contribution in [2.75, 3.05) is 25.9 Å². The van der Waals surface area contributed by atoms with E-state index in [4.69, 9.17) is 10.5 Å². The van der Waals surface area contributed by atoms with Gasteiger partial charge in [0, 0.05) is 13.1 Å². The number of nitrogens with zero attached hydrogens (tertiary/aromatic N) is 1. The molecule has 1 fully saturated rings. The first-order chi connectivity index (χ1) is 9.52. The van der Waals surface area contributed by atoms with E-state index in [1.807, 2.05) is 18.2 Å². The van der Waals surface area contributed by atoms with Crippen LogP contribution >= 0.6 is 0 Å². The summed E-state index contributed by atoms with van der Waals surface area (Å²) in [5, 5.41) is 9.33. The molecular formula is C15H22N2O3. The summed E-state index contributed by atoms with van der Waals surface area (Å²) in [7, 11) is 1.61. The molecule has 0 aliphatic carbocycles. The van der Waals surface area contributed by atoms with Crippen LogP contribution < -0.4 is 10.5 Å². The number of nitrogens with two attached hydrogens (primary N) is 1. The van der Waals surface area contributed by atoms with Crippen molar-refractivity contribution in [3.63, 3.8) is 0 Å². The van der Waals surface area contributed by atoms with Crippen LogP contribution in [0.3, 0.4) is 0 Å². The number of benzene rings is 1. The number of methoxy groups -OCH3 is 1. The fourth-order valence-electron chi connectivity index (χ4n) is 2.68. The van der Waals surface area contributed by atoms with Gasteiger partial charge in [-0.05, 0) is 43.4 Å². The Balaban J connectivity index is 2.02. The zero-order valence-electron chi connectivity index (χ0n) is 12.0. The van der Waals surface area contributed by atoms with Crippen LogP contribution in [0.15, 0.2) is 18.2 Å². The lowest BCUT2D eigenvalue weighted by Crippen LogP contribution is -2.42. The van der Waals surface area contributed by atoms with E-state index in [9.17, 15) is 9.90 Å². The zero-order valence-corrected chi connectivity index (χ0v) is 12.0. The molecule has 1 aliphatic heterocycles. The second kappa shape index (κ2) is 6.13. The van der Waals surface area contributed by atoms with E-state index in [0.29, 0.717) is 30.4 Å². The molecule has 0 bridgehead atoms. The van der Waals surface area contributed by atoms with Crippen LogP contribution in [0, 0.1) is 0 Å². The van der Waals surface area contributed by atoms with Crippen molar-refractivity contribution in [3.05, 3.63) is 23.8 Å². The molecule has 1 amide bonds. The first kappa shape index (κ1) is 14.7. The van der Waals surface area contributed by atoms with Crippen LogP contribution in [0.5, 0.6) is 5.75 Å². The van der Waals surface area contributed by atoms with Crippen molar-refractivity contribution in [2.45, 2.75) is 31.8 Å². The van der Waals surface area contributed by atoms with Crippen molar-refractivity contribution in [1.82, 2.24) is 4.90 Å². The lowest BCUT2D eigenvalue weighted by molar-refractivity contribution is -0.140. The molecule has 0 radical (unpaired) electrons. The van der Waals surface area contributed by atoms with Gasteiger partial charge in [-0.1, -0.05) is 6.07 Å². The maximum absolute atomic E-state index is 11.7. The molecule has 1 atom stereocenters. The SMILES string of the molecule is COc1cc(C2CCN(C(=O)[C@H](C)O)CC2)ccc1N. The van der Waals surface area contributed by atoms with E-state index in [-0.39, 0.29) is 5.91 Å². The van der Waals surface area contributed by atoms with Crippen molar-refractivity contribution in [2.24, 2.45) is 0 Å². The number of hydrogen-bond donors (Lipinski definition) is 2. The summed E-state index contributed by atoms with van der Waals surface area (Å²) in [6.45, 7) is 2.88. The molecule has 5 nitrogen and oxygen atoms in total. The van der Waals surface area contributed by atoms with Gasteiger partial charge in [0.2, 0.25) is 0 Å². The van der Waals surface area contributed by atoms with Gasteiger partial charge in [-0.15, -0.1) is 0 Å². The van der Waals surface area contributed by atoms with Crippen molar-refractivity contribution < 1.29 is 14.6 Å². The molecule has 20 heavy (non-hydrogen) atoms. The van der Waals surface area contributed by atoms with E-state index in [0.717, 1.165) is 12.8 Å². The van der Waals surface area contributed by atoms with Gasteiger partial charge in [0.15, 0.2) is 0 Å². The molecule has 1 aromatic carbocycles. The highest BCUT2D eigenvalue weighted by Gasteiger charge is 2.26. The van der Waals surface area contributed by atoms with Crippen molar-refractivity contribution in [1.29, 1.82) is 0 Å². The number of aliphatic hydroxyl groups is 1. The van der Waals surface area contributed by atoms with Gasteiger partial charge in [-0.2, -0.15) is 0 Å². The average molecular weight is 278 g/mol.